The Morgan fingerprint density at radius 1 is 1.33 bits per heavy atom. The van der Waals surface area contributed by atoms with Gasteiger partial charge in [0.05, 0.1) is 12.8 Å². The average Bonchev–Trinajstić information content (AvgIpc) is 2.68. The summed E-state index contributed by atoms with van der Waals surface area (Å²) in [5, 5.41) is 7.57. The van der Waals surface area contributed by atoms with Gasteiger partial charge in [0.1, 0.15) is 5.82 Å². The van der Waals surface area contributed by atoms with Crippen LogP contribution >= 0.6 is 0 Å². The van der Waals surface area contributed by atoms with E-state index in [2.05, 4.69) is 25.1 Å². The molecule has 0 atom stereocenters. The summed E-state index contributed by atoms with van der Waals surface area (Å²) in [6.45, 7) is 6.37. The molecule has 7 heteroatoms. The Kier molecular flexibility index (Phi) is 4.21. The maximum atomic E-state index is 11.5. The van der Waals surface area contributed by atoms with Crippen LogP contribution < -0.4 is 5.32 Å². The highest BCUT2D eigenvalue weighted by atomic mass is 16.5. The number of hydrogen-bond acceptors (Lipinski definition) is 6. The first-order valence-electron chi connectivity index (χ1n) is 6.59. The van der Waals surface area contributed by atoms with Crippen LogP contribution in [0.4, 0.5) is 5.82 Å². The van der Waals surface area contributed by atoms with Crippen molar-refractivity contribution < 1.29 is 9.53 Å². The zero-order valence-electron chi connectivity index (χ0n) is 12.9. The molecule has 0 aliphatic carbocycles. The summed E-state index contributed by atoms with van der Waals surface area (Å²) >= 11 is 0. The van der Waals surface area contributed by atoms with Crippen LogP contribution in [0.1, 0.15) is 33.3 Å². The van der Waals surface area contributed by atoms with Gasteiger partial charge in [0.15, 0.2) is 0 Å². The molecule has 112 valence electrons. The van der Waals surface area contributed by atoms with Crippen LogP contribution in [0.15, 0.2) is 6.07 Å². The third-order valence-corrected chi connectivity index (χ3v) is 3.33. The van der Waals surface area contributed by atoms with Gasteiger partial charge in [0.25, 0.3) is 0 Å². The van der Waals surface area contributed by atoms with E-state index >= 15 is 0 Å². The fourth-order valence-electron chi connectivity index (χ4n) is 2.09. The van der Waals surface area contributed by atoms with Gasteiger partial charge in [-0.15, -0.1) is 0 Å². The zero-order chi connectivity index (χ0) is 15.6. The highest BCUT2D eigenvalue weighted by molar-refractivity contribution is 5.85. The van der Waals surface area contributed by atoms with Gasteiger partial charge in [0, 0.05) is 36.6 Å². The normalized spacial score (nSPS) is 10.5. The number of nitrogens with one attached hydrogen (secondary N) is 1. The van der Waals surface area contributed by atoms with Gasteiger partial charge < -0.3 is 10.1 Å². The van der Waals surface area contributed by atoms with E-state index in [1.807, 2.05) is 25.6 Å². The monoisotopic (exact) mass is 289 g/mol. The van der Waals surface area contributed by atoms with Crippen molar-refractivity contribution in [1.29, 1.82) is 0 Å². The highest BCUT2D eigenvalue weighted by Crippen LogP contribution is 2.14. The van der Waals surface area contributed by atoms with Gasteiger partial charge in [-0.05, 0) is 20.8 Å². The fourth-order valence-corrected chi connectivity index (χ4v) is 2.09. The Morgan fingerprint density at radius 2 is 2.05 bits per heavy atom. The van der Waals surface area contributed by atoms with Crippen LogP contribution in [-0.2, 0) is 18.3 Å². The molecule has 0 fully saturated rings. The first-order chi connectivity index (χ1) is 9.92. The van der Waals surface area contributed by atoms with Crippen LogP contribution in [0.5, 0.6) is 0 Å². The summed E-state index contributed by atoms with van der Waals surface area (Å²) in [5.41, 5.74) is 3.89. The smallest absolute Gasteiger partial charge is 0.376 e. The number of methoxy groups -OCH3 is 1. The lowest BCUT2D eigenvalue weighted by molar-refractivity contribution is 0.0586. The summed E-state index contributed by atoms with van der Waals surface area (Å²) in [6, 6.07) is 1.79. The number of aryl methyl sites for hydroxylation is 3. The van der Waals surface area contributed by atoms with E-state index in [9.17, 15) is 4.79 Å². The lowest BCUT2D eigenvalue weighted by Crippen LogP contribution is -2.11. The van der Waals surface area contributed by atoms with Crippen molar-refractivity contribution >= 4 is 11.8 Å². The van der Waals surface area contributed by atoms with Crippen LogP contribution in [0.2, 0.25) is 0 Å². The van der Waals surface area contributed by atoms with Crippen molar-refractivity contribution in [3.8, 4) is 0 Å². The molecule has 0 aliphatic heterocycles. The van der Waals surface area contributed by atoms with E-state index in [4.69, 9.17) is 0 Å². The van der Waals surface area contributed by atoms with E-state index in [1.54, 1.807) is 13.0 Å². The minimum atomic E-state index is -0.546. The summed E-state index contributed by atoms with van der Waals surface area (Å²) < 4.78 is 6.49. The predicted molar refractivity (Wildman–Crippen MR) is 78.1 cm³/mol. The molecule has 21 heavy (non-hydrogen) atoms. The molecule has 0 aliphatic rings. The number of anilines is 1. The molecule has 0 saturated carbocycles. The summed E-state index contributed by atoms with van der Waals surface area (Å²) in [5.74, 6) is 0.0978. The molecule has 0 aromatic carbocycles. The topological polar surface area (TPSA) is 81.9 Å². The molecular formula is C14H19N5O2. The Hall–Kier alpha value is -2.44. The molecule has 0 spiro atoms. The second-order valence-corrected chi connectivity index (χ2v) is 4.84. The molecule has 2 aromatic rings. The third kappa shape index (κ3) is 3.18. The quantitative estimate of drug-likeness (QED) is 0.860. The SMILES string of the molecule is COC(=O)c1nc(C)cc(NCc2c(C)nn(C)c2C)n1. The number of hydrogen-bond donors (Lipinski definition) is 1. The summed E-state index contributed by atoms with van der Waals surface area (Å²) in [6.07, 6.45) is 0. The average molecular weight is 289 g/mol. The van der Waals surface area contributed by atoms with Gasteiger partial charge >= 0.3 is 5.97 Å². The third-order valence-electron chi connectivity index (χ3n) is 3.33. The molecule has 2 aromatic heterocycles. The second kappa shape index (κ2) is 5.90. The fraction of sp³-hybridized carbons (Fsp3) is 0.429. The van der Waals surface area contributed by atoms with Gasteiger partial charge in [-0.25, -0.2) is 14.8 Å². The molecule has 2 rings (SSSR count). The number of aromatic nitrogens is 4. The maximum absolute atomic E-state index is 11.5. The van der Waals surface area contributed by atoms with Crippen molar-refractivity contribution in [3.05, 3.63) is 34.5 Å². The molecular weight excluding hydrogens is 270 g/mol. The predicted octanol–water partition coefficient (Wildman–Crippen LogP) is 1.53. The van der Waals surface area contributed by atoms with E-state index < -0.39 is 5.97 Å². The number of carbonyl (C=O) groups is 1. The van der Waals surface area contributed by atoms with Crippen LogP contribution in [-0.4, -0.2) is 32.8 Å². The summed E-state index contributed by atoms with van der Waals surface area (Å²) in [7, 11) is 3.22. The van der Waals surface area contributed by atoms with Crippen molar-refractivity contribution in [2.45, 2.75) is 27.3 Å². The van der Waals surface area contributed by atoms with Gasteiger partial charge in [0.2, 0.25) is 5.82 Å². The van der Waals surface area contributed by atoms with Crippen molar-refractivity contribution in [2.24, 2.45) is 7.05 Å². The molecule has 2 heterocycles. The summed E-state index contributed by atoms with van der Waals surface area (Å²) in [4.78, 5) is 19.7. The molecule has 0 bridgehead atoms. The van der Waals surface area contributed by atoms with Crippen molar-refractivity contribution in [1.82, 2.24) is 19.7 Å². The standard InChI is InChI=1S/C14H19N5O2/c1-8-6-12(17-13(16-8)14(20)21-5)15-7-11-9(2)18-19(4)10(11)3/h6H,7H2,1-5H3,(H,15,16,17). The van der Waals surface area contributed by atoms with E-state index in [-0.39, 0.29) is 5.82 Å². The minimum Gasteiger partial charge on any atom is -0.463 e. The first-order valence-corrected chi connectivity index (χ1v) is 6.59. The van der Waals surface area contributed by atoms with Crippen LogP contribution in [0.25, 0.3) is 0 Å². The van der Waals surface area contributed by atoms with Gasteiger partial charge in [-0.3, -0.25) is 4.68 Å². The highest BCUT2D eigenvalue weighted by Gasteiger charge is 2.13. The Morgan fingerprint density at radius 3 is 2.62 bits per heavy atom. The van der Waals surface area contributed by atoms with E-state index in [0.29, 0.717) is 18.1 Å². The van der Waals surface area contributed by atoms with Crippen molar-refractivity contribution in [2.75, 3.05) is 12.4 Å². The lowest BCUT2D eigenvalue weighted by Gasteiger charge is -2.08. The second-order valence-electron chi connectivity index (χ2n) is 4.84. The number of rotatable bonds is 4. The molecule has 0 unspecified atom stereocenters. The minimum absolute atomic E-state index is 0.0552. The Bertz CT molecular complexity index is 678. The molecule has 0 radical (unpaired) electrons. The van der Waals surface area contributed by atoms with Crippen LogP contribution in [0.3, 0.4) is 0 Å². The first kappa shape index (κ1) is 15.0. The molecule has 0 amide bonds. The van der Waals surface area contributed by atoms with Crippen molar-refractivity contribution in [3.63, 3.8) is 0 Å². The number of carbonyl (C=O) groups excluding carboxylic acids is 1. The van der Waals surface area contributed by atoms with Crippen LogP contribution in [0, 0.1) is 20.8 Å². The maximum Gasteiger partial charge on any atom is 0.376 e. The Labute approximate surface area is 123 Å². The zero-order valence-corrected chi connectivity index (χ0v) is 12.9. The van der Waals surface area contributed by atoms with E-state index in [0.717, 1.165) is 17.0 Å². The lowest BCUT2D eigenvalue weighted by atomic mass is 10.2. The molecule has 7 nitrogen and oxygen atoms in total. The molecule has 0 saturated heterocycles. The largest absolute Gasteiger partial charge is 0.463 e. The van der Waals surface area contributed by atoms with Gasteiger partial charge in [-0.1, -0.05) is 0 Å². The molecule has 1 N–H and O–H groups in total. The Balaban J connectivity index is 2.20. The van der Waals surface area contributed by atoms with Gasteiger partial charge in [-0.2, -0.15) is 5.10 Å². The number of ether oxygens (including phenoxy) is 1. The number of esters is 1. The van der Waals surface area contributed by atoms with E-state index in [1.165, 1.54) is 7.11 Å². The number of nitrogens with zero attached hydrogens (tertiary/aromatic N) is 4.